The van der Waals surface area contributed by atoms with Crippen LogP contribution in [-0.2, 0) is 9.47 Å². The van der Waals surface area contributed by atoms with E-state index in [4.69, 9.17) is 14.7 Å². The van der Waals surface area contributed by atoms with E-state index in [1.807, 2.05) is 0 Å². The number of nitrogens with zero attached hydrogens (tertiary/aromatic N) is 2. The van der Waals surface area contributed by atoms with Gasteiger partial charge in [-0.3, -0.25) is 4.90 Å². The summed E-state index contributed by atoms with van der Waals surface area (Å²) in [6.07, 6.45) is 0.855. The molecule has 1 rings (SSSR count). The zero-order valence-electron chi connectivity index (χ0n) is 10.3. The van der Waals surface area contributed by atoms with Gasteiger partial charge in [0.1, 0.15) is 0 Å². The Labute approximate surface area is 98.1 Å². The third kappa shape index (κ3) is 5.45. The second kappa shape index (κ2) is 7.61. The highest BCUT2D eigenvalue weighted by molar-refractivity contribution is 4.89. The molecule has 1 aliphatic heterocycles. The number of nitriles is 1. The lowest BCUT2D eigenvalue weighted by atomic mass is 10.1. The molecule has 4 heteroatoms. The van der Waals surface area contributed by atoms with Crippen LogP contribution in [0.5, 0.6) is 0 Å². The molecule has 1 fully saturated rings. The molecular weight excluding hydrogens is 204 g/mol. The minimum absolute atomic E-state index is 0.260. The van der Waals surface area contributed by atoms with Gasteiger partial charge >= 0.3 is 0 Å². The van der Waals surface area contributed by atoms with Crippen LogP contribution in [0.4, 0.5) is 0 Å². The van der Waals surface area contributed by atoms with E-state index >= 15 is 0 Å². The van der Waals surface area contributed by atoms with Gasteiger partial charge in [0.05, 0.1) is 19.3 Å². The lowest BCUT2D eigenvalue weighted by Crippen LogP contribution is -2.43. The Morgan fingerprint density at radius 2 is 2.31 bits per heavy atom. The van der Waals surface area contributed by atoms with Crippen LogP contribution in [0, 0.1) is 17.2 Å². The molecule has 0 aromatic heterocycles. The summed E-state index contributed by atoms with van der Waals surface area (Å²) in [5.74, 6) is 0.700. The van der Waals surface area contributed by atoms with Crippen LogP contribution >= 0.6 is 0 Å². The van der Waals surface area contributed by atoms with Gasteiger partial charge in [-0.05, 0) is 12.3 Å². The van der Waals surface area contributed by atoms with Crippen molar-refractivity contribution < 1.29 is 9.47 Å². The molecule has 0 aromatic carbocycles. The van der Waals surface area contributed by atoms with E-state index in [2.05, 4.69) is 24.8 Å². The summed E-state index contributed by atoms with van der Waals surface area (Å²) >= 11 is 0. The molecule has 92 valence electrons. The zero-order valence-corrected chi connectivity index (χ0v) is 10.3. The molecule has 0 N–H and O–H groups in total. The van der Waals surface area contributed by atoms with Gasteiger partial charge in [0.15, 0.2) is 6.10 Å². The minimum Gasteiger partial charge on any atom is -0.380 e. The van der Waals surface area contributed by atoms with E-state index in [0.717, 1.165) is 32.7 Å². The molecule has 0 aromatic rings. The maximum atomic E-state index is 8.75. The normalized spacial score (nSPS) is 22.2. The van der Waals surface area contributed by atoms with Crippen LogP contribution in [0.25, 0.3) is 0 Å². The molecule has 0 aliphatic carbocycles. The first kappa shape index (κ1) is 13.4. The van der Waals surface area contributed by atoms with Crippen LogP contribution < -0.4 is 0 Å². The van der Waals surface area contributed by atoms with Gasteiger partial charge in [-0.25, -0.2) is 0 Å². The molecule has 1 heterocycles. The van der Waals surface area contributed by atoms with Gasteiger partial charge in [0, 0.05) is 26.2 Å². The van der Waals surface area contributed by atoms with Gasteiger partial charge in [-0.2, -0.15) is 5.26 Å². The molecule has 1 atom stereocenters. The largest absolute Gasteiger partial charge is 0.380 e. The Morgan fingerprint density at radius 1 is 1.50 bits per heavy atom. The first-order valence-corrected chi connectivity index (χ1v) is 6.03. The van der Waals surface area contributed by atoms with E-state index < -0.39 is 0 Å². The predicted molar refractivity (Wildman–Crippen MR) is 62.1 cm³/mol. The van der Waals surface area contributed by atoms with Crippen molar-refractivity contribution in [3.05, 3.63) is 0 Å². The van der Waals surface area contributed by atoms with E-state index in [-0.39, 0.29) is 6.10 Å². The van der Waals surface area contributed by atoms with Gasteiger partial charge in [-0.1, -0.05) is 13.8 Å². The number of hydrogen-bond donors (Lipinski definition) is 0. The average molecular weight is 226 g/mol. The van der Waals surface area contributed by atoms with Crippen LogP contribution in [0.1, 0.15) is 20.3 Å². The standard InChI is InChI=1S/C12H22N2O2/c1-11(2)3-6-15-7-4-14-5-8-16-12(9-13)10-14/h11-12H,3-8,10H2,1-2H3. The smallest absolute Gasteiger partial charge is 0.156 e. The molecule has 1 saturated heterocycles. The van der Waals surface area contributed by atoms with Crippen molar-refractivity contribution in [3.8, 4) is 6.07 Å². The molecule has 16 heavy (non-hydrogen) atoms. The van der Waals surface area contributed by atoms with Crippen molar-refractivity contribution in [2.24, 2.45) is 5.92 Å². The number of morpholine rings is 1. The number of hydrogen-bond acceptors (Lipinski definition) is 4. The molecule has 1 unspecified atom stereocenters. The average Bonchev–Trinajstić information content (AvgIpc) is 2.28. The molecule has 0 spiro atoms. The Bertz CT molecular complexity index is 226. The first-order valence-electron chi connectivity index (χ1n) is 6.03. The molecular formula is C12H22N2O2. The SMILES string of the molecule is CC(C)CCOCCN1CCOC(C#N)C1. The van der Waals surface area contributed by atoms with Crippen molar-refractivity contribution >= 4 is 0 Å². The van der Waals surface area contributed by atoms with E-state index in [1.54, 1.807) is 0 Å². The van der Waals surface area contributed by atoms with Crippen LogP contribution in [0.3, 0.4) is 0 Å². The second-order valence-corrected chi connectivity index (χ2v) is 4.58. The fourth-order valence-electron chi connectivity index (χ4n) is 1.60. The van der Waals surface area contributed by atoms with E-state index in [9.17, 15) is 0 Å². The van der Waals surface area contributed by atoms with Gasteiger partial charge in [0.2, 0.25) is 0 Å². The second-order valence-electron chi connectivity index (χ2n) is 4.58. The topological polar surface area (TPSA) is 45.5 Å². The summed E-state index contributed by atoms with van der Waals surface area (Å²) in [5.41, 5.74) is 0. The minimum atomic E-state index is -0.260. The monoisotopic (exact) mass is 226 g/mol. The summed E-state index contributed by atoms with van der Waals surface area (Å²) < 4.78 is 10.8. The van der Waals surface area contributed by atoms with Crippen molar-refractivity contribution in [2.45, 2.75) is 26.4 Å². The van der Waals surface area contributed by atoms with Gasteiger partial charge in [0.25, 0.3) is 0 Å². The van der Waals surface area contributed by atoms with E-state index in [0.29, 0.717) is 19.1 Å². The third-order valence-corrected chi connectivity index (χ3v) is 2.69. The van der Waals surface area contributed by atoms with Crippen LogP contribution in [-0.4, -0.2) is 50.5 Å². The van der Waals surface area contributed by atoms with Gasteiger partial charge in [-0.15, -0.1) is 0 Å². The van der Waals surface area contributed by atoms with Crippen molar-refractivity contribution in [1.82, 2.24) is 4.90 Å². The maximum Gasteiger partial charge on any atom is 0.156 e. The number of rotatable bonds is 6. The molecule has 0 amide bonds. The maximum absolute atomic E-state index is 8.75. The summed E-state index contributed by atoms with van der Waals surface area (Å²) in [7, 11) is 0. The lowest BCUT2D eigenvalue weighted by Gasteiger charge is -2.29. The summed E-state index contributed by atoms with van der Waals surface area (Å²) in [5, 5.41) is 8.75. The van der Waals surface area contributed by atoms with Crippen LogP contribution in [0.15, 0.2) is 0 Å². The van der Waals surface area contributed by atoms with Crippen molar-refractivity contribution in [2.75, 3.05) is 39.5 Å². The fourth-order valence-corrected chi connectivity index (χ4v) is 1.60. The van der Waals surface area contributed by atoms with Gasteiger partial charge < -0.3 is 9.47 Å². The zero-order chi connectivity index (χ0) is 11.8. The first-order chi connectivity index (χ1) is 7.72. The van der Waals surface area contributed by atoms with Crippen LogP contribution in [0.2, 0.25) is 0 Å². The summed E-state index contributed by atoms with van der Waals surface area (Å²) in [4.78, 5) is 2.23. The predicted octanol–water partition coefficient (Wildman–Crippen LogP) is 1.27. The third-order valence-electron chi connectivity index (χ3n) is 2.69. The highest BCUT2D eigenvalue weighted by Crippen LogP contribution is 2.04. The molecule has 0 saturated carbocycles. The molecule has 0 bridgehead atoms. The molecule has 0 radical (unpaired) electrons. The molecule has 4 nitrogen and oxygen atoms in total. The van der Waals surface area contributed by atoms with E-state index in [1.165, 1.54) is 0 Å². The Hall–Kier alpha value is -0.630. The molecule has 1 aliphatic rings. The highest BCUT2D eigenvalue weighted by atomic mass is 16.5. The summed E-state index contributed by atoms with van der Waals surface area (Å²) in [6.45, 7) is 9.17. The quantitative estimate of drug-likeness (QED) is 0.640. The fraction of sp³-hybridized carbons (Fsp3) is 0.917. The highest BCUT2D eigenvalue weighted by Gasteiger charge is 2.19. The number of ether oxygens (including phenoxy) is 2. The summed E-state index contributed by atoms with van der Waals surface area (Å²) in [6, 6.07) is 2.15. The Kier molecular flexibility index (Phi) is 6.39. The Morgan fingerprint density at radius 3 is 3.00 bits per heavy atom. The van der Waals surface area contributed by atoms with Crippen molar-refractivity contribution in [1.29, 1.82) is 5.26 Å². The Balaban J connectivity index is 2.02. The lowest BCUT2D eigenvalue weighted by molar-refractivity contribution is -0.0110. The van der Waals surface area contributed by atoms with Crippen molar-refractivity contribution in [3.63, 3.8) is 0 Å².